The van der Waals surface area contributed by atoms with E-state index in [-0.39, 0.29) is 17.4 Å². The zero-order valence-electron chi connectivity index (χ0n) is 11.9. The predicted octanol–water partition coefficient (Wildman–Crippen LogP) is 2.52. The van der Waals surface area contributed by atoms with Gasteiger partial charge in [0.15, 0.2) is 0 Å². The van der Waals surface area contributed by atoms with Crippen LogP contribution in [0.1, 0.15) is 52.4 Å². The summed E-state index contributed by atoms with van der Waals surface area (Å²) in [7, 11) is 0. The van der Waals surface area contributed by atoms with Crippen LogP contribution in [-0.2, 0) is 4.84 Å². The first-order valence-electron chi connectivity index (χ1n) is 7.19. The van der Waals surface area contributed by atoms with E-state index in [1.54, 1.807) is 0 Å². The van der Waals surface area contributed by atoms with Crippen molar-refractivity contribution in [2.75, 3.05) is 13.2 Å². The molecule has 0 amide bonds. The molecule has 4 bridgehead atoms. The van der Waals surface area contributed by atoms with Gasteiger partial charge in [0.1, 0.15) is 6.61 Å². The maximum atomic E-state index is 10.6. The smallest absolute Gasteiger partial charge is 0.294 e. The Morgan fingerprint density at radius 3 is 2.05 bits per heavy atom. The molecule has 4 fully saturated rings. The molecule has 2 unspecified atom stereocenters. The molecule has 0 aliphatic heterocycles. The van der Waals surface area contributed by atoms with E-state index in [0.29, 0.717) is 17.4 Å². The summed E-state index contributed by atoms with van der Waals surface area (Å²) in [5.74, 6) is 0. The molecule has 0 aromatic carbocycles. The third kappa shape index (κ3) is 2.02. The molecule has 0 saturated heterocycles. The molecule has 4 saturated carbocycles. The second kappa shape index (κ2) is 3.62. The maximum absolute atomic E-state index is 10.6. The van der Waals surface area contributed by atoms with Gasteiger partial charge in [-0.05, 0) is 66.7 Å². The third-order valence-corrected chi connectivity index (χ3v) is 5.72. The highest BCUT2D eigenvalue weighted by molar-refractivity contribution is 5.15. The van der Waals surface area contributed by atoms with Gasteiger partial charge < -0.3 is 10.6 Å². The van der Waals surface area contributed by atoms with E-state index in [4.69, 9.17) is 10.6 Å². The maximum Gasteiger partial charge on any atom is 0.294 e. The van der Waals surface area contributed by atoms with Gasteiger partial charge in [0, 0.05) is 0 Å². The SMILES string of the molecule is CC12CC3(C)CC(CN)(C1)CC(CO[N+](=O)[O-])(C2)C3. The van der Waals surface area contributed by atoms with Gasteiger partial charge in [0.25, 0.3) is 5.09 Å². The van der Waals surface area contributed by atoms with Gasteiger partial charge in [-0.2, -0.15) is 0 Å². The van der Waals surface area contributed by atoms with Crippen molar-refractivity contribution in [1.82, 2.24) is 0 Å². The summed E-state index contributed by atoms with van der Waals surface area (Å²) in [5.41, 5.74) is 6.84. The first-order valence-corrected chi connectivity index (χ1v) is 7.19. The van der Waals surface area contributed by atoms with Crippen LogP contribution in [0.2, 0.25) is 0 Å². The molecule has 19 heavy (non-hydrogen) atoms. The average Bonchev–Trinajstić information content (AvgIpc) is 2.22. The summed E-state index contributed by atoms with van der Waals surface area (Å²) in [5, 5.41) is 9.92. The first kappa shape index (κ1) is 13.2. The summed E-state index contributed by atoms with van der Waals surface area (Å²) in [6, 6.07) is 0. The van der Waals surface area contributed by atoms with Gasteiger partial charge in [-0.15, -0.1) is 10.1 Å². The van der Waals surface area contributed by atoms with E-state index in [1.807, 2.05) is 0 Å². The largest absolute Gasteiger partial charge is 0.330 e. The van der Waals surface area contributed by atoms with Crippen LogP contribution in [0.5, 0.6) is 0 Å². The Kier molecular flexibility index (Phi) is 2.51. The second-order valence-electron chi connectivity index (χ2n) is 8.38. The van der Waals surface area contributed by atoms with E-state index in [2.05, 4.69) is 13.8 Å². The molecular formula is C14H24N2O3. The Labute approximate surface area is 114 Å². The van der Waals surface area contributed by atoms with Crippen LogP contribution < -0.4 is 5.73 Å². The minimum atomic E-state index is -0.641. The first-order chi connectivity index (χ1) is 8.72. The molecule has 4 rings (SSSR count). The van der Waals surface area contributed by atoms with Gasteiger partial charge >= 0.3 is 0 Å². The van der Waals surface area contributed by atoms with Gasteiger partial charge in [-0.25, -0.2) is 0 Å². The highest BCUT2D eigenvalue weighted by Crippen LogP contribution is 2.73. The lowest BCUT2D eigenvalue weighted by Crippen LogP contribution is -2.62. The minimum absolute atomic E-state index is 0.0231. The standard InChI is InChI=1S/C14H24N2O3/c1-11-3-12(2)5-13(4-11,9-15)8-14(6-11,7-12)10-19-16(17)18/h3-10,15H2,1-2H3. The van der Waals surface area contributed by atoms with E-state index in [1.165, 1.54) is 19.3 Å². The Morgan fingerprint density at radius 1 is 1.05 bits per heavy atom. The van der Waals surface area contributed by atoms with E-state index < -0.39 is 5.09 Å². The average molecular weight is 268 g/mol. The molecule has 0 aromatic rings. The Balaban J connectivity index is 1.92. The molecule has 0 aromatic heterocycles. The van der Waals surface area contributed by atoms with Crippen molar-refractivity contribution in [1.29, 1.82) is 0 Å². The van der Waals surface area contributed by atoms with Crippen molar-refractivity contribution in [3.05, 3.63) is 10.1 Å². The molecule has 5 nitrogen and oxygen atoms in total. The topological polar surface area (TPSA) is 78.4 Å². The fourth-order valence-corrected chi connectivity index (χ4v) is 6.76. The summed E-state index contributed by atoms with van der Waals surface area (Å²) >= 11 is 0. The summed E-state index contributed by atoms with van der Waals surface area (Å²) in [6.07, 6.45) is 6.74. The van der Waals surface area contributed by atoms with Crippen LogP contribution in [0.3, 0.4) is 0 Å². The van der Waals surface area contributed by atoms with Gasteiger partial charge in [-0.3, -0.25) is 0 Å². The lowest BCUT2D eigenvalue weighted by molar-refractivity contribution is -0.761. The molecule has 2 atom stereocenters. The number of nitrogens with zero attached hydrogens (tertiary/aromatic N) is 1. The zero-order chi connectivity index (χ0) is 13.9. The highest BCUT2D eigenvalue weighted by atomic mass is 16.9. The molecule has 4 aliphatic rings. The van der Waals surface area contributed by atoms with Crippen molar-refractivity contribution in [3.8, 4) is 0 Å². The summed E-state index contributed by atoms with van der Waals surface area (Å²) < 4.78 is 0. The van der Waals surface area contributed by atoms with Crippen LogP contribution in [0, 0.1) is 31.8 Å². The second-order valence-corrected chi connectivity index (χ2v) is 8.38. The molecule has 0 spiro atoms. The van der Waals surface area contributed by atoms with Gasteiger partial charge in [-0.1, -0.05) is 13.8 Å². The lowest BCUT2D eigenvalue weighted by Gasteiger charge is -2.69. The van der Waals surface area contributed by atoms with Crippen molar-refractivity contribution in [2.24, 2.45) is 27.4 Å². The number of hydrogen-bond donors (Lipinski definition) is 1. The van der Waals surface area contributed by atoms with Crippen LogP contribution in [0.15, 0.2) is 0 Å². The van der Waals surface area contributed by atoms with Crippen molar-refractivity contribution in [3.63, 3.8) is 0 Å². The lowest BCUT2D eigenvalue weighted by atomic mass is 9.36. The van der Waals surface area contributed by atoms with Gasteiger partial charge in [0.05, 0.1) is 0 Å². The molecule has 0 radical (unpaired) electrons. The van der Waals surface area contributed by atoms with Crippen LogP contribution >= 0.6 is 0 Å². The predicted molar refractivity (Wildman–Crippen MR) is 70.8 cm³/mol. The Bertz CT molecular complexity index is 405. The molecule has 4 aliphatic carbocycles. The molecule has 108 valence electrons. The van der Waals surface area contributed by atoms with Crippen molar-refractivity contribution < 1.29 is 9.92 Å². The quantitative estimate of drug-likeness (QED) is 0.627. The minimum Gasteiger partial charge on any atom is -0.330 e. The summed E-state index contributed by atoms with van der Waals surface area (Å²) in [4.78, 5) is 15.3. The normalized spacial score (nSPS) is 51.3. The summed E-state index contributed by atoms with van der Waals surface area (Å²) in [6.45, 7) is 5.65. The Hall–Kier alpha value is -0.840. The monoisotopic (exact) mass is 268 g/mol. The van der Waals surface area contributed by atoms with Gasteiger partial charge in [0.2, 0.25) is 0 Å². The van der Waals surface area contributed by atoms with Crippen LogP contribution in [0.25, 0.3) is 0 Å². The van der Waals surface area contributed by atoms with E-state index in [9.17, 15) is 10.1 Å². The Morgan fingerprint density at radius 2 is 1.58 bits per heavy atom. The molecule has 2 N–H and O–H groups in total. The van der Waals surface area contributed by atoms with E-state index in [0.717, 1.165) is 19.3 Å². The van der Waals surface area contributed by atoms with E-state index >= 15 is 0 Å². The van der Waals surface area contributed by atoms with Crippen molar-refractivity contribution in [2.45, 2.75) is 52.4 Å². The molecule has 0 heterocycles. The number of rotatable bonds is 4. The third-order valence-electron chi connectivity index (χ3n) is 5.72. The zero-order valence-corrected chi connectivity index (χ0v) is 11.9. The molecular weight excluding hydrogens is 244 g/mol. The van der Waals surface area contributed by atoms with Crippen LogP contribution in [0.4, 0.5) is 0 Å². The highest BCUT2D eigenvalue weighted by Gasteiger charge is 2.65. The van der Waals surface area contributed by atoms with Crippen molar-refractivity contribution >= 4 is 0 Å². The number of nitrogens with two attached hydrogens (primary N) is 1. The fourth-order valence-electron chi connectivity index (χ4n) is 6.76. The van der Waals surface area contributed by atoms with Crippen LogP contribution in [-0.4, -0.2) is 18.2 Å². The number of hydrogen-bond acceptors (Lipinski definition) is 4. The fraction of sp³-hybridized carbons (Fsp3) is 1.00. The molecule has 5 heteroatoms.